The molecule has 0 aliphatic carbocycles. The van der Waals surface area contributed by atoms with Crippen molar-refractivity contribution in [1.29, 1.82) is 5.26 Å². The minimum absolute atomic E-state index is 0.0381. The fourth-order valence-electron chi connectivity index (χ4n) is 2.13. The number of benzene rings is 2. The van der Waals surface area contributed by atoms with Crippen molar-refractivity contribution in [2.24, 2.45) is 0 Å². The zero-order chi connectivity index (χ0) is 15.2. The molecule has 108 valence electrons. The second kappa shape index (κ2) is 6.87. The fourth-order valence-corrected chi connectivity index (χ4v) is 2.13. The summed E-state index contributed by atoms with van der Waals surface area (Å²) in [6.45, 7) is 1.96. The first-order chi connectivity index (χ1) is 10.1. The van der Waals surface area contributed by atoms with Gasteiger partial charge in [0, 0.05) is 6.04 Å². The number of methoxy groups -OCH3 is 1. The van der Waals surface area contributed by atoms with Gasteiger partial charge in [0.05, 0.1) is 13.2 Å². The molecule has 0 saturated heterocycles. The molecule has 2 aromatic rings. The SMILES string of the molecule is COc1ccc([C@H](C)N[C@H](C#N)c2cccc(F)c2)cc1. The Balaban J connectivity index is 2.12. The van der Waals surface area contributed by atoms with Crippen LogP contribution < -0.4 is 10.1 Å². The first kappa shape index (κ1) is 15.0. The predicted octanol–water partition coefficient (Wildman–Crippen LogP) is 3.75. The van der Waals surface area contributed by atoms with Crippen molar-refractivity contribution in [1.82, 2.24) is 5.32 Å². The summed E-state index contributed by atoms with van der Waals surface area (Å²) >= 11 is 0. The molecule has 0 bridgehead atoms. The van der Waals surface area contributed by atoms with Crippen LogP contribution in [0.3, 0.4) is 0 Å². The van der Waals surface area contributed by atoms with Crippen LogP contribution >= 0.6 is 0 Å². The Labute approximate surface area is 124 Å². The van der Waals surface area contributed by atoms with Crippen LogP contribution in [-0.2, 0) is 0 Å². The number of hydrogen-bond acceptors (Lipinski definition) is 3. The van der Waals surface area contributed by atoms with E-state index in [2.05, 4.69) is 11.4 Å². The molecule has 0 aromatic heterocycles. The number of ether oxygens (including phenoxy) is 1. The Hall–Kier alpha value is -2.38. The van der Waals surface area contributed by atoms with Crippen molar-refractivity contribution in [2.45, 2.75) is 19.0 Å². The molecule has 0 fully saturated rings. The van der Waals surface area contributed by atoms with Gasteiger partial charge in [-0.25, -0.2) is 4.39 Å². The van der Waals surface area contributed by atoms with E-state index in [1.165, 1.54) is 12.1 Å². The summed E-state index contributed by atoms with van der Waals surface area (Å²) < 4.78 is 18.4. The van der Waals surface area contributed by atoms with Crippen LogP contribution in [0.25, 0.3) is 0 Å². The van der Waals surface area contributed by atoms with E-state index in [0.29, 0.717) is 5.56 Å². The van der Waals surface area contributed by atoms with Crippen LogP contribution in [0.5, 0.6) is 5.75 Å². The number of nitrogens with zero attached hydrogens (tertiary/aromatic N) is 1. The van der Waals surface area contributed by atoms with Gasteiger partial charge in [-0.05, 0) is 42.3 Å². The van der Waals surface area contributed by atoms with E-state index in [-0.39, 0.29) is 11.9 Å². The Bertz CT molecular complexity index is 634. The zero-order valence-corrected chi connectivity index (χ0v) is 12.0. The highest BCUT2D eigenvalue weighted by Gasteiger charge is 2.15. The smallest absolute Gasteiger partial charge is 0.123 e. The van der Waals surface area contributed by atoms with Gasteiger partial charge >= 0.3 is 0 Å². The molecule has 0 amide bonds. The summed E-state index contributed by atoms with van der Waals surface area (Å²) in [6.07, 6.45) is 0. The molecule has 4 heteroatoms. The molecule has 0 aliphatic rings. The predicted molar refractivity (Wildman–Crippen MR) is 79.3 cm³/mol. The topological polar surface area (TPSA) is 45.0 Å². The van der Waals surface area contributed by atoms with Crippen LogP contribution in [0.4, 0.5) is 4.39 Å². The van der Waals surface area contributed by atoms with E-state index in [1.54, 1.807) is 19.2 Å². The average molecular weight is 284 g/mol. The van der Waals surface area contributed by atoms with E-state index in [4.69, 9.17) is 4.74 Å². The third-order valence-corrected chi connectivity index (χ3v) is 3.34. The molecule has 3 nitrogen and oxygen atoms in total. The Kier molecular flexibility index (Phi) is 4.91. The lowest BCUT2D eigenvalue weighted by atomic mass is 10.0. The summed E-state index contributed by atoms with van der Waals surface area (Å²) in [5, 5.41) is 12.5. The van der Waals surface area contributed by atoms with Crippen molar-refractivity contribution in [2.75, 3.05) is 7.11 Å². The molecule has 0 saturated carbocycles. The van der Waals surface area contributed by atoms with Crippen molar-refractivity contribution in [3.05, 3.63) is 65.5 Å². The van der Waals surface area contributed by atoms with Crippen molar-refractivity contribution in [3.8, 4) is 11.8 Å². The van der Waals surface area contributed by atoms with Gasteiger partial charge in [-0.1, -0.05) is 24.3 Å². The second-order valence-electron chi connectivity index (χ2n) is 4.78. The molecule has 0 heterocycles. The lowest BCUT2D eigenvalue weighted by molar-refractivity contribution is 0.414. The summed E-state index contributed by atoms with van der Waals surface area (Å²) in [5.41, 5.74) is 1.66. The van der Waals surface area contributed by atoms with E-state index in [0.717, 1.165) is 11.3 Å². The molecule has 0 aliphatic heterocycles. The first-order valence-electron chi connectivity index (χ1n) is 6.69. The summed E-state index contributed by atoms with van der Waals surface area (Å²) in [4.78, 5) is 0. The maximum Gasteiger partial charge on any atom is 0.123 e. The van der Waals surface area contributed by atoms with Crippen LogP contribution in [0.2, 0.25) is 0 Å². The van der Waals surface area contributed by atoms with Gasteiger partial charge in [-0.15, -0.1) is 0 Å². The van der Waals surface area contributed by atoms with Crippen molar-refractivity contribution >= 4 is 0 Å². The maximum atomic E-state index is 13.3. The van der Waals surface area contributed by atoms with Gasteiger partial charge in [-0.2, -0.15) is 5.26 Å². The lowest BCUT2D eigenvalue weighted by Gasteiger charge is -2.19. The van der Waals surface area contributed by atoms with E-state index >= 15 is 0 Å². The molecule has 1 N–H and O–H groups in total. The summed E-state index contributed by atoms with van der Waals surface area (Å²) in [6, 6.07) is 15.3. The summed E-state index contributed by atoms with van der Waals surface area (Å²) in [7, 11) is 1.62. The van der Waals surface area contributed by atoms with Gasteiger partial charge in [-0.3, -0.25) is 5.32 Å². The number of halogens is 1. The minimum atomic E-state index is -0.558. The van der Waals surface area contributed by atoms with Gasteiger partial charge < -0.3 is 4.74 Å². The molecule has 0 unspecified atom stereocenters. The van der Waals surface area contributed by atoms with E-state index < -0.39 is 6.04 Å². The molecule has 21 heavy (non-hydrogen) atoms. The number of nitriles is 1. The average Bonchev–Trinajstić information content (AvgIpc) is 2.52. The number of rotatable bonds is 5. The molecular formula is C17H17FN2O. The molecular weight excluding hydrogens is 267 g/mol. The van der Waals surface area contributed by atoms with Gasteiger partial charge in [0.15, 0.2) is 0 Å². The normalized spacial score (nSPS) is 13.2. The second-order valence-corrected chi connectivity index (χ2v) is 4.78. The Morgan fingerprint density at radius 3 is 2.43 bits per heavy atom. The third kappa shape index (κ3) is 3.80. The highest BCUT2D eigenvalue weighted by molar-refractivity contribution is 5.30. The quantitative estimate of drug-likeness (QED) is 0.909. The van der Waals surface area contributed by atoms with Crippen LogP contribution in [0.1, 0.15) is 30.1 Å². The van der Waals surface area contributed by atoms with Crippen molar-refractivity contribution < 1.29 is 9.13 Å². The fraction of sp³-hybridized carbons (Fsp3) is 0.235. The lowest BCUT2D eigenvalue weighted by Crippen LogP contribution is -2.23. The van der Waals surface area contributed by atoms with Crippen LogP contribution in [-0.4, -0.2) is 7.11 Å². The van der Waals surface area contributed by atoms with Gasteiger partial charge in [0.2, 0.25) is 0 Å². The Morgan fingerprint density at radius 1 is 1.14 bits per heavy atom. The maximum absolute atomic E-state index is 13.3. The first-order valence-corrected chi connectivity index (χ1v) is 6.69. The summed E-state index contributed by atoms with van der Waals surface area (Å²) in [5.74, 6) is 0.444. The van der Waals surface area contributed by atoms with Gasteiger partial charge in [0.25, 0.3) is 0 Å². The van der Waals surface area contributed by atoms with E-state index in [1.807, 2.05) is 31.2 Å². The van der Waals surface area contributed by atoms with Crippen LogP contribution in [0, 0.1) is 17.1 Å². The molecule has 2 atom stereocenters. The Morgan fingerprint density at radius 2 is 1.86 bits per heavy atom. The number of hydrogen-bond donors (Lipinski definition) is 1. The highest BCUT2D eigenvalue weighted by atomic mass is 19.1. The third-order valence-electron chi connectivity index (χ3n) is 3.34. The molecule has 2 aromatic carbocycles. The minimum Gasteiger partial charge on any atom is -0.497 e. The molecule has 2 rings (SSSR count). The zero-order valence-electron chi connectivity index (χ0n) is 12.0. The highest BCUT2D eigenvalue weighted by Crippen LogP contribution is 2.21. The molecule has 0 spiro atoms. The standard InChI is InChI=1S/C17H17FN2O/c1-12(13-6-8-16(21-2)9-7-13)20-17(11-19)14-4-3-5-15(18)10-14/h3-10,12,17,20H,1-2H3/t12-,17+/m0/s1. The van der Waals surface area contributed by atoms with Crippen molar-refractivity contribution in [3.63, 3.8) is 0 Å². The largest absolute Gasteiger partial charge is 0.497 e. The van der Waals surface area contributed by atoms with E-state index in [9.17, 15) is 9.65 Å². The number of nitrogens with one attached hydrogen (secondary N) is 1. The van der Waals surface area contributed by atoms with Gasteiger partial charge in [0.1, 0.15) is 17.6 Å². The van der Waals surface area contributed by atoms with Crippen LogP contribution in [0.15, 0.2) is 48.5 Å². The monoisotopic (exact) mass is 284 g/mol. The molecule has 0 radical (unpaired) electrons.